The fraction of sp³-hybridized carbons (Fsp3) is 0.294. The lowest BCUT2D eigenvalue weighted by atomic mass is 10.1. The number of alkyl halides is 3. The fourth-order valence-electron chi connectivity index (χ4n) is 2.08. The number of halogens is 3. The van der Waals surface area contributed by atoms with Gasteiger partial charge in [-0.3, -0.25) is 9.59 Å². The van der Waals surface area contributed by atoms with Crippen molar-refractivity contribution >= 4 is 17.6 Å². The first-order valence-corrected chi connectivity index (χ1v) is 7.81. The van der Waals surface area contributed by atoms with Crippen LogP contribution in [0.15, 0.2) is 30.6 Å². The summed E-state index contributed by atoms with van der Waals surface area (Å²) in [4.78, 5) is 31.0. The quantitative estimate of drug-likeness (QED) is 0.801. The Morgan fingerprint density at radius 3 is 2.59 bits per heavy atom. The lowest BCUT2D eigenvalue weighted by molar-refractivity contribution is -0.154. The first kappa shape index (κ1) is 20.1. The molecule has 0 fully saturated rings. The molecule has 0 atom stereocenters. The van der Waals surface area contributed by atoms with Gasteiger partial charge in [0.15, 0.2) is 6.61 Å². The van der Waals surface area contributed by atoms with Crippen molar-refractivity contribution in [2.75, 3.05) is 11.9 Å². The lowest BCUT2D eigenvalue weighted by Crippen LogP contribution is -2.24. The number of aromatic nitrogens is 2. The summed E-state index contributed by atoms with van der Waals surface area (Å²) >= 11 is 0. The molecule has 0 aliphatic rings. The van der Waals surface area contributed by atoms with Gasteiger partial charge in [0.05, 0.1) is 0 Å². The van der Waals surface area contributed by atoms with Crippen LogP contribution in [0.2, 0.25) is 0 Å². The number of carbonyl (C=O) groups is 2. The van der Waals surface area contributed by atoms with E-state index >= 15 is 0 Å². The number of nitrogens with zero attached hydrogens (tertiary/aromatic N) is 2. The van der Waals surface area contributed by atoms with Crippen molar-refractivity contribution in [1.29, 1.82) is 0 Å². The van der Waals surface area contributed by atoms with Crippen LogP contribution in [-0.4, -0.2) is 34.6 Å². The van der Waals surface area contributed by atoms with E-state index in [1.807, 2.05) is 0 Å². The minimum atomic E-state index is -4.44. The van der Waals surface area contributed by atoms with E-state index in [0.717, 1.165) is 0 Å². The first-order chi connectivity index (χ1) is 12.6. The number of anilines is 1. The van der Waals surface area contributed by atoms with E-state index in [9.17, 15) is 22.8 Å². The summed E-state index contributed by atoms with van der Waals surface area (Å²) in [6.45, 7) is 1.69. The maximum Gasteiger partial charge on any atom is 0.422 e. The summed E-state index contributed by atoms with van der Waals surface area (Å²) in [6, 6.07) is 4.28. The van der Waals surface area contributed by atoms with Crippen LogP contribution in [0.5, 0.6) is 5.88 Å². The smallest absolute Gasteiger partial charge is 0.422 e. The van der Waals surface area contributed by atoms with Gasteiger partial charge >= 0.3 is 6.18 Å². The molecule has 0 bridgehead atoms. The molecule has 144 valence electrons. The second-order valence-corrected chi connectivity index (χ2v) is 5.65. The highest BCUT2D eigenvalue weighted by atomic mass is 19.4. The average molecular weight is 382 g/mol. The highest BCUT2D eigenvalue weighted by Gasteiger charge is 2.28. The maximum absolute atomic E-state index is 12.2. The summed E-state index contributed by atoms with van der Waals surface area (Å²) in [5, 5.41) is 5.15. The van der Waals surface area contributed by atoms with Crippen molar-refractivity contribution in [2.45, 2.75) is 26.6 Å². The van der Waals surface area contributed by atoms with E-state index in [2.05, 4.69) is 25.3 Å². The third-order valence-electron chi connectivity index (χ3n) is 3.34. The number of hydrogen-bond acceptors (Lipinski definition) is 5. The minimum absolute atomic E-state index is 0.120. The van der Waals surface area contributed by atoms with Gasteiger partial charge in [0, 0.05) is 37.5 Å². The molecule has 0 spiro atoms. The Hall–Kier alpha value is -3.17. The number of nitrogens with one attached hydrogen (secondary N) is 2. The number of carbonyl (C=O) groups excluding carboxylic acids is 2. The summed E-state index contributed by atoms with van der Waals surface area (Å²) in [7, 11) is 0. The molecule has 2 N–H and O–H groups in total. The van der Waals surface area contributed by atoms with Crippen LogP contribution in [0.4, 0.5) is 19.0 Å². The zero-order valence-electron chi connectivity index (χ0n) is 14.6. The predicted molar refractivity (Wildman–Crippen MR) is 90.2 cm³/mol. The monoisotopic (exact) mass is 382 g/mol. The number of rotatable bonds is 6. The van der Waals surface area contributed by atoms with Crippen LogP contribution >= 0.6 is 0 Å². The van der Waals surface area contributed by atoms with Crippen molar-refractivity contribution < 1.29 is 27.5 Å². The Morgan fingerprint density at radius 2 is 1.96 bits per heavy atom. The molecular weight excluding hydrogens is 365 g/mol. The van der Waals surface area contributed by atoms with E-state index in [1.165, 1.54) is 37.5 Å². The second kappa shape index (κ2) is 8.47. The topological polar surface area (TPSA) is 93.2 Å². The van der Waals surface area contributed by atoms with E-state index in [4.69, 9.17) is 0 Å². The van der Waals surface area contributed by atoms with Gasteiger partial charge < -0.3 is 15.4 Å². The number of aryl methyl sites for hydroxylation is 1. The van der Waals surface area contributed by atoms with Crippen molar-refractivity contribution in [3.8, 4) is 5.88 Å². The molecule has 27 heavy (non-hydrogen) atoms. The van der Waals surface area contributed by atoms with Crippen molar-refractivity contribution in [3.63, 3.8) is 0 Å². The van der Waals surface area contributed by atoms with Crippen LogP contribution in [0, 0.1) is 6.92 Å². The van der Waals surface area contributed by atoms with Crippen molar-refractivity contribution in [3.05, 3.63) is 47.3 Å². The molecule has 0 aliphatic carbocycles. The van der Waals surface area contributed by atoms with Gasteiger partial charge in [-0.05, 0) is 30.2 Å². The van der Waals surface area contributed by atoms with Gasteiger partial charge in [-0.15, -0.1) is 0 Å². The molecular formula is C17H17F3N4O3. The zero-order chi connectivity index (χ0) is 20.0. The Kier molecular flexibility index (Phi) is 6.32. The Balaban J connectivity index is 1.98. The molecule has 2 heterocycles. The standard InChI is InChI=1S/C17H17F3N4O3/c1-10-5-15(27-9-17(18,19)20)22-7-13(10)8-23-16(26)12-3-4-21-14(6-12)24-11(2)25/h3-7H,8-9H2,1-2H3,(H,23,26)(H,21,24,25). The van der Waals surface area contributed by atoms with Crippen LogP contribution < -0.4 is 15.4 Å². The van der Waals surface area contributed by atoms with Crippen LogP contribution in [-0.2, 0) is 11.3 Å². The van der Waals surface area contributed by atoms with Crippen LogP contribution in [0.1, 0.15) is 28.4 Å². The van der Waals surface area contributed by atoms with Crippen molar-refractivity contribution in [1.82, 2.24) is 15.3 Å². The van der Waals surface area contributed by atoms with E-state index in [-0.39, 0.29) is 24.1 Å². The number of hydrogen-bond donors (Lipinski definition) is 2. The normalized spacial score (nSPS) is 11.0. The highest BCUT2D eigenvalue weighted by Crippen LogP contribution is 2.19. The average Bonchev–Trinajstić information content (AvgIpc) is 2.58. The van der Waals surface area contributed by atoms with Gasteiger partial charge in [-0.2, -0.15) is 13.2 Å². The molecule has 2 amide bonds. The second-order valence-electron chi connectivity index (χ2n) is 5.65. The third kappa shape index (κ3) is 6.57. The molecule has 2 rings (SSSR count). The molecule has 0 saturated heterocycles. The summed E-state index contributed by atoms with van der Waals surface area (Å²) < 4.78 is 41.1. The molecule has 7 nitrogen and oxygen atoms in total. The van der Waals surface area contributed by atoms with Crippen LogP contribution in [0.3, 0.4) is 0 Å². The molecule has 0 aliphatic heterocycles. The van der Waals surface area contributed by atoms with Crippen molar-refractivity contribution in [2.24, 2.45) is 0 Å². The zero-order valence-corrected chi connectivity index (χ0v) is 14.6. The lowest BCUT2D eigenvalue weighted by Gasteiger charge is -2.11. The number of pyridine rings is 2. The summed E-state index contributed by atoms with van der Waals surface area (Å²) in [5.74, 6) is -0.608. The minimum Gasteiger partial charge on any atom is -0.468 e. The Bertz CT molecular complexity index is 840. The molecule has 2 aromatic rings. The van der Waals surface area contributed by atoms with Gasteiger partial charge in [0.1, 0.15) is 5.82 Å². The van der Waals surface area contributed by atoms with E-state index in [1.54, 1.807) is 6.92 Å². The maximum atomic E-state index is 12.2. The van der Waals surface area contributed by atoms with Crippen LogP contribution in [0.25, 0.3) is 0 Å². The Labute approximate surface area is 153 Å². The molecule has 0 saturated carbocycles. The largest absolute Gasteiger partial charge is 0.468 e. The number of ether oxygens (including phenoxy) is 1. The fourth-order valence-corrected chi connectivity index (χ4v) is 2.08. The third-order valence-corrected chi connectivity index (χ3v) is 3.34. The molecule has 0 aromatic carbocycles. The number of amides is 2. The van der Waals surface area contributed by atoms with E-state index in [0.29, 0.717) is 16.7 Å². The first-order valence-electron chi connectivity index (χ1n) is 7.81. The molecule has 2 aromatic heterocycles. The van der Waals surface area contributed by atoms with Gasteiger partial charge in [-0.25, -0.2) is 9.97 Å². The highest BCUT2D eigenvalue weighted by molar-refractivity contribution is 5.96. The van der Waals surface area contributed by atoms with E-state index < -0.39 is 18.7 Å². The summed E-state index contributed by atoms with van der Waals surface area (Å²) in [5.41, 5.74) is 1.54. The van der Waals surface area contributed by atoms with Gasteiger partial charge in [0.25, 0.3) is 5.91 Å². The predicted octanol–water partition coefficient (Wildman–Crippen LogP) is 2.61. The van der Waals surface area contributed by atoms with Gasteiger partial charge in [-0.1, -0.05) is 0 Å². The molecule has 0 unspecified atom stereocenters. The van der Waals surface area contributed by atoms with Gasteiger partial charge in [0.2, 0.25) is 11.8 Å². The molecule has 0 radical (unpaired) electrons. The Morgan fingerprint density at radius 1 is 1.22 bits per heavy atom. The SMILES string of the molecule is CC(=O)Nc1cc(C(=O)NCc2cnc(OCC(F)(F)F)cc2C)ccn1. The molecule has 10 heteroatoms. The summed E-state index contributed by atoms with van der Waals surface area (Å²) in [6.07, 6.45) is -1.71.